The van der Waals surface area contributed by atoms with Crippen LogP contribution in [0.25, 0.3) is 0 Å². The topological polar surface area (TPSA) is 9.23 Å². The first-order chi connectivity index (χ1) is 2.81. The zero-order chi connectivity index (χ0) is 4.99. The van der Waals surface area contributed by atoms with Gasteiger partial charge < -0.3 is 0 Å². The molecule has 1 atom stereocenters. The Hall–Kier alpha value is 1.18. The van der Waals surface area contributed by atoms with Crippen molar-refractivity contribution in [2.75, 3.05) is 5.88 Å². The van der Waals surface area contributed by atoms with Gasteiger partial charge in [0, 0.05) is 0 Å². The Labute approximate surface area is 57.3 Å². The van der Waals surface area contributed by atoms with Gasteiger partial charge in [0.15, 0.2) is 0 Å². The first-order valence-corrected chi connectivity index (χ1v) is 4.22. The van der Waals surface area contributed by atoms with Crippen LogP contribution in [0, 0.1) is 0 Å². The molecule has 1 nitrogen and oxygen atoms in total. The molecule has 0 aromatic carbocycles. The molecule has 0 aliphatic rings. The summed E-state index contributed by atoms with van der Waals surface area (Å²) in [5, 5.41) is 0. The molecule has 0 radical (unpaired) electrons. The molecule has 0 N–H and O–H groups in total. The minimum absolute atomic E-state index is 0.244. The summed E-state index contributed by atoms with van der Waals surface area (Å²) in [5.41, 5.74) is -0.244. The van der Waals surface area contributed by atoms with Gasteiger partial charge in [-0.25, -0.2) is 0 Å². The van der Waals surface area contributed by atoms with Crippen LogP contribution in [0.5, 0.6) is 0 Å². The van der Waals surface area contributed by atoms with Gasteiger partial charge in [0.25, 0.3) is 0 Å². The van der Waals surface area contributed by atoms with Crippen molar-refractivity contribution in [3.63, 3.8) is 0 Å². The number of hydrogen-bond donors (Lipinski definition) is 0. The Morgan fingerprint density at radius 3 is 2.33 bits per heavy atom. The van der Waals surface area contributed by atoms with Gasteiger partial charge in [-0.05, 0) is 0 Å². The van der Waals surface area contributed by atoms with Crippen LogP contribution in [-0.4, -0.2) is 30.4 Å². The Kier molecular flexibility index (Phi) is 5.19. The van der Waals surface area contributed by atoms with E-state index >= 15 is 0 Å². The molecule has 36 valence electrons. The fraction of sp³-hybridized carbons (Fsp3) is 1.00. The maximum absolute atomic E-state index is 5.34. The van der Waals surface area contributed by atoms with Crippen molar-refractivity contribution in [3.05, 3.63) is 0 Å². The van der Waals surface area contributed by atoms with E-state index in [0.717, 1.165) is 0 Å². The summed E-state index contributed by atoms with van der Waals surface area (Å²) in [6.07, 6.45) is 0. The standard InChI is InChI=1S/C2H3Cl2O.Ga.2H/c3-1-2(4)5;;;/h2H,1H2;;;/q-1;+1;;. The molecular weight excluding hydrogens is 181 g/mol. The molecule has 0 aromatic rings. The second-order valence-electron chi connectivity index (χ2n) is 0.800. The van der Waals surface area contributed by atoms with E-state index in [0.29, 0.717) is 24.8 Å². The normalized spacial score (nSPS) is 14.3. The van der Waals surface area contributed by atoms with Crippen molar-refractivity contribution in [1.82, 2.24) is 0 Å². The van der Waals surface area contributed by atoms with Gasteiger partial charge in [-0.15, -0.1) is 0 Å². The van der Waals surface area contributed by atoms with Crippen molar-refractivity contribution in [2.24, 2.45) is 0 Å². The predicted molar refractivity (Wildman–Crippen MR) is 30.0 cm³/mol. The van der Waals surface area contributed by atoms with Gasteiger partial charge in [-0.1, -0.05) is 0 Å². The van der Waals surface area contributed by atoms with Crippen molar-refractivity contribution >= 4 is 42.2 Å². The molecule has 6 heavy (non-hydrogen) atoms. The third kappa shape index (κ3) is 3.37. The Balaban J connectivity index is 2.75. The number of rotatable bonds is 2. The fourth-order valence-corrected chi connectivity index (χ4v) is 0.982. The third-order valence-corrected chi connectivity index (χ3v) is 2.97. The van der Waals surface area contributed by atoms with Crippen LogP contribution in [0.4, 0.5) is 0 Å². The maximum atomic E-state index is 5.34. The van der Waals surface area contributed by atoms with Gasteiger partial charge in [-0.2, -0.15) is 0 Å². The molecule has 0 aromatic heterocycles. The first kappa shape index (κ1) is 7.18. The summed E-state index contributed by atoms with van der Waals surface area (Å²) < 4.78 is 4.72. The number of alkyl halides is 2. The van der Waals surface area contributed by atoms with E-state index in [1.807, 2.05) is 0 Å². The van der Waals surface area contributed by atoms with E-state index in [2.05, 4.69) is 0 Å². The third-order valence-electron chi connectivity index (χ3n) is 0.377. The molecule has 0 aliphatic heterocycles. The zero-order valence-electron chi connectivity index (χ0n) is 3.45. The van der Waals surface area contributed by atoms with Crippen molar-refractivity contribution < 1.29 is 3.53 Å². The van der Waals surface area contributed by atoms with Crippen LogP contribution in [-0.2, 0) is 3.53 Å². The predicted octanol–water partition coefficient (Wildman–Crippen LogP) is 0.355. The molecule has 0 amide bonds. The average Bonchev–Trinajstić information content (AvgIpc) is 1.65. The van der Waals surface area contributed by atoms with Crippen LogP contribution in [0.3, 0.4) is 0 Å². The van der Waals surface area contributed by atoms with E-state index in [1.165, 1.54) is 0 Å². The molecular formula is C2H5Cl2GaO. The molecule has 0 rings (SSSR count). The van der Waals surface area contributed by atoms with Gasteiger partial charge in [0.1, 0.15) is 0 Å². The second-order valence-corrected chi connectivity index (χ2v) is 2.58. The quantitative estimate of drug-likeness (QED) is 0.446. The van der Waals surface area contributed by atoms with Crippen LogP contribution in [0.2, 0.25) is 0 Å². The second kappa shape index (κ2) is 4.34. The van der Waals surface area contributed by atoms with Crippen molar-refractivity contribution in [3.8, 4) is 0 Å². The van der Waals surface area contributed by atoms with Gasteiger partial charge in [-0.3, -0.25) is 0 Å². The van der Waals surface area contributed by atoms with E-state index < -0.39 is 0 Å². The molecule has 4 heteroatoms. The molecule has 0 spiro atoms. The van der Waals surface area contributed by atoms with Gasteiger partial charge >= 0.3 is 57.1 Å². The SMILES string of the molecule is ClCC(Cl)[O][GaH2]. The fourth-order valence-electron chi connectivity index (χ4n) is 0.0630. The molecule has 1 unspecified atom stereocenters. The summed E-state index contributed by atoms with van der Waals surface area (Å²) in [7, 11) is 0. The molecule has 0 fully saturated rings. The van der Waals surface area contributed by atoms with Crippen molar-refractivity contribution in [2.45, 2.75) is 5.56 Å². The molecule has 0 saturated carbocycles. The van der Waals surface area contributed by atoms with Crippen molar-refractivity contribution in [1.29, 1.82) is 0 Å². The Bertz CT molecular complexity index is 30.7. The van der Waals surface area contributed by atoms with Gasteiger partial charge in [0.2, 0.25) is 0 Å². The minimum atomic E-state index is -0.244. The van der Waals surface area contributed by atoms with E-state index in [9.17, 15) is 0 Å². The summed E-state index contributed by atoms with van der Waals surface area (Å²) in [4.78, 5) is 0. The van der Waals surface area contributed by atoms with Crippen LogP contribution >= 0.6 is 23.2 Å². The average molecular weight is 186 g/mol. The Morgan fingerprint density at radius 2 is 2.33 bits per heavy atom. The molecule has 0 saturated heterocycles. The summed E-state index contributed by atoms with van der Waals surface area (Å²) >= 11 is 10.9. The number of halogens is 2. The monoisotopic (exact) mass is 184 g/mol. The van der Waals surface area contributed by atoms with Crippen LogP contribution in [0.1, 0.15) is 0 Å². The summed E-state index contributed by atoms with van der Waals surface area (Å²) in [6.45, 7) is 0. The van der Waals surface area contributed by atoms with Gasteiger partial charge in [0.05, 0.1) is 0 Å². The first-order valence-electron chi connectivity index (χ1n) is 1.54. The summed E-state index contributed by atoms with van der Waals surface area (Å²) in [5.74, 6) is 0.392. The molecule has 0 bridgehead atoms. The van der Waals surface area contributed by atoms with E-state index in [1.54, 1.807) is 0 Å². The Morgan fingerprint density at radius 1 is 1.83 bits per heavy atom. The summed E-state index contributed by atoms with van der Waals surface area (Å²) in [6, 6.07) is 0. The van der Waals surface area contributed by atoms with Crippen LogP contribution < -0.4 is 0 Å². The number of hydrogen-bond acceptors (Lipinski definition) is 1. The van der Waals surface area contributed by atoms with E-state index in [4.69, 9.17) is 26.7 Å². The molecule has 0 aliphatic carbocycles. The molecule has 0 heterocycles. The van der Waals surface area contributed by atoms with Crippen LogP contribution in [0.15, 0.2) is 0 Å². The zero-order valence-corrected chi connectivity index (χ0v) is 9.16. The van der Waals surface area contributed by atoms with E-state index in [-0.39, 0.29) is 5.56 Å².